The van der Waals surface area contributed by atoms with Gasteiger partial charge in [0.15, 0.2) is 0 Å². The van der Waals surface area contributed by atoms with Gasteiger partial charge < -0.3 is 10.2 Å². The third kappa shape index (κ3) is 7.22. The molecular formula is C23H28Cl2N2O2S. The van der Waals surface area contributed by atoms with E-state index >= 15 is 0 Å². The summed E-state index contributed by atoms with van der Waals surface area (Å²) in [7, 11) is 0. The lowest BCUT2D eigenvalue weighted by atomic mass is 10.1. The average molecular weight is 467 g/mol. The van der Waals surface area contributed by atoms with Crippen molar-refractivity contribution in [2.45, 2.75) is 45.5 Å². The lowest BCUT2D eigenvalue weighted by Gasteiger charge is -2.30. The summed E-state index contributed by atoms with van der Waals surface area (Å²) in [5, 5.41) is 3.85. The van der Waals surface area contributed by atoms with Gasteiger partial charge in [-0.15, -0.1) is 11.8 Å². The number of aryl methyl sites for hydroxylation is 1. The Morgan fingerprint density at radius 1 is 1.13 bits per heavy atom. The highest BCUT2D eigenvalue weighted by Crippen LogP contribution is 2.24. The van der Waals surface area contributed by atoms with Crippen LogP contribution in [0.4, 0.5) is 0 Å². The Balaban J connectivity index is 2.15. The fourth-order valence-electron chi connectivity index (χ4n) is 3.19. The van der Waals surface area contributed by atoms with Gasteiger partial charge in [-0.05, 0) is 43.5 Å². The summed E-state index contributed by atoms with van der Waals surface area (Å²) >= 11 is 13.9. The summed E-state index contributed by atoms with van der Waals surface area (Å²) in [6.45, 7) is 6.60. The third-order valence-electron chi connectivity index (χ3n) is 4.67. The van der Waals surface area contributed by atoms with Crippen molar-refractivity contribution in [2.24, 2.45) is 0 Å². The Hall–Kier alpha value is -1.69. The number of hydrogen-bond acceptors (Lipinski definition) is 3. The van der Waals surface area contributed by atoms with Crippen LogP contribution in [0.3, 0.4) is 0 Å². The highest BCUT2D eigenvalue weighted by atomic mass is 35.5. The number of halogens is 2. The molecule has 7 heteroatoms. The van der Waals surface area contributed by atoms with E-state index in [4.69, 9.17) is 23.2 Å². The molecule has 0 aliphatic heterocycles. The number of nitrogens with zero attached hydrogens (tertiary/aromatic N) is 1. The van der Waals surface area contributed by atoms with E-state index in [1.165, 1.54) is 11.1 Å². The number of rotatable bonds is 10. The lowest BCUT2D eigenvalue weighted by molar-refractivity contribution is -0.139. The number of benzene rings is 2. The second-order valence-corrected chi connectivity index (χ2v) is 8.89. The van der Waals surface area contributed by atoms with Gasteiger partial charge in [0, 0.05) is 28.9 Å². The smallest absolute Gasteiger partial charge is 0.242 e. The van der Waals surface area contributed by atoms with Crippen LogP contribution in [0, 0.1) is 6.92 Å². The molecule has 0 saturated heterocycles. The van der Waals surface area contributed by atoms with Crippen molar-refractivity contribution in [1.29, 1.82) is 0 Å². The Bertz CT molecular complexity index is 876. The zero-order valence-electron chi connectivity index (χ0n) is 17.6. The summed E-state index contributed by atoms with van der Waals surface area (Å²) in [5.41, 5.74) is 3.14. The third-order valence-corrected chi connectivity index (χ3v) is 6.24. The van der Waals surface area contributed by atoms with E-state index in [9.17, 15) is 9.59 Å². The normalized spacial score (nSPS) is 11.8. The van der Waals surface area contributed by atoms with Gasteiger partial charge in [0.1, 0.15) is 6.04 Å². The molecule has 0 aromatic heterocycles. The molecule has 0 spiro atoms. The molecule has 30 heavy (non-hydrogen) atoms. The van der Waals surface area contributed by atoms with Crippen molar-refractivity contribution in [1.82, 2.24) is 10.2 Å². The van der Waals surface area contributed by atoms with Crippen LogP contribution >= 0.6 is 35.0 Å². The maximum absolute atomic E-state index is 13.1. The molecule has 0 saturated carbocycles. The fourth-order valence-corrected chi connectivity index (χ4v) is 4.51. The van der Waals surface area contributed by atoms with Crippen LogP contribution in [0.25, 0.3) is 0 Å². The first-order valence-electron chi connectivity index (χ1n) is 10.00. The molecule has 4 nitrogen and oxygen atoms in total. The van der Waals surface area contributed by atoms with E-state index < -0.39 is 6.04 Å². The van der Waals surface area contributed by atoms with Gasteiger partial charge in [0.2, 0.25) is 11.8 Å². The molecule has 2 rings (SSSR count). The molecule has 2 aromatic carbocycles. The van der Waals surface area contributed by atoms with Crippen LogP contribution in [0.15, 0.2) is 42.5 Å². The first kappa shape index (κ1) is 24.6. The second kappa shape index (κ2) is 12.2. The number of carbonyl (C=O) groups is 2. The highest BCUT2D eigenvalue weighted by Gasteiger charge is 2.28. The molecule has 1 N–H and O–H groups in total. The van der Waals surface area contributed by atoms with Crippen LogP contribution in [0.2, 0.25) is 10.0 Å². The van der Waals surface area contributed by atoms with E-state index in [0.717, 1.165) is 11.3 Å². The van der Waals surface area contributed by atoms with Crippen molar-refractivity contribution >= 4 is 46.8 Å². The molecular weight excluding hydrogens is 439 g/mol. The topological polar surface area (TPSA) is 49.4 Å². The molecule has 1 atom stereocenters. The predicted octanol–water partition coefficient (Wildman–Crippen LogP) is 5.48. The first-order chi connectivity index (χ1) is 14.3. The average Bonchev–Trinajstić information content (AvgIpc) is 2.69. The summed E-state index contributed by atoms with van der Waals surface area (Å²) < 4.78 is 0. The molecule has 2 amide bonds. The molecule has 0 fully saturated rings. The second-order valence-electron chi connectivity index (χ2n) is 7.06. The fraction of sp³-hybridized carbons (Fsp3) is 0.391. The van der Waals surface area contributed by atoms with E-state index in [0.29, 0.717) is 23.0 Å². The quantitative estimate of drug-likeness (QED) is 0.504. The molecule has 1 unspecified atom stereocenters. The van der Waals surface area contributed by atoms with Gasteiger partial charge in [0.05, 0.1) is 5.75 Å². The summed E-state index contributed by atoms with van der Waals surface area (Å²) in [4.78, 5) is 27.4. The molecule has 0 heterocycles. The molecule has 0 aliphatic carbocycles. The molecule has 2 aromatic rings. The van der Waals surface area contributed by atoms with Crippen LogP contribution < -0.4 is 5.32 Å². The van der Waals surface area contributed by atoms with Gasteiger partial charge in [-0.3, -0.25) is 9.59 Å². The SMILES string of the molecule is CCNC(=O)C(CC)N(Cc1ccc(Cl)cc1Cl)C(=O)CSCc1cccc(C)c1. The minimum Gasteiger partial charge on any atom is -0.355 e. The largest absolute Gasteiger partial charge is 0.355 e. The van der Waals surface area contributed by atoms with Gasteiger partial charge in [0.25, 0.3) is 0 Å². The zero-order chi connectivity index (χ0) is 22.1. The maximum atomic E-state index is 13.1. The zero-order valence-corrected chi connectivity index (χ0v) is 19.9. The Labute approximate surface area is 193 Å². The summed E-state index contributed by atoms with van der Waals surface area (Å²) in [6.07, 6.45) is 0.519. The standard InChI is InChI=1S/C23H28Cl2N2O2S/c1-4-21(23(29)26-5-2)27(13-18-9-10-19(24)12-20(18)25)22(28)15-30-14-17-8-6-7-16(3)11-17/h6-12,21H,4-5,13-15H2,1-3H3,(H,26,29). The monoisotopic (exact) mass is 466 g/mol. The Morgan fingerprint density at radius 3 is 2.53 bits per heavy atom. The van der Waals surface area contributed by atoms with E-state index in [2.05, 4.69) is 30.4 Å². The molecule has 0 radical (unpaired) electrons. The maximum Gasteiger partial charge on any atom is 0.242 e. The molecule has 0 bridgehead atoms. The first-order valence-corrected chi connectivity index (χ1v) is 11.9. The minimum absolute atomic E-state index is 0.0863. The predicted molar refractivity (Wildman–Crippen MR) is 127 cm³/mol. The van der Waals surface area contributed by atoms with Crippen molar-refractivity contribution in [2.75, 3.05) is 12.3 Å². The number of amides is 2. The van der Waals surface area contributed by atoms with Crippen LogP contribution in [-0.4, -0.2) is 35.1 Å². The number of likely N-dealkylation sites (N-methyl/N-ethyl adjacent to an activating group) is 1. The Kier molecular flexibility index (Phi) is 10.0. The number of nitrogens with one attached hydrogen (secondary N) is 1. The van der Waals surface area contributed by atoms with Crippen molar-refractivity contribution in [3.63, 3.8) is 0 Å². The number of hydrogen-bond donors (Lipinski definition) is 1. The lowest BCUT2D eigenvalue weighted by Crippen LogP contribution is -2.49. The van der Waals surface area contributed by atoms with Crippen LogP contribution in [0.5, 0.6) is 0 Å². The Morgan fingerprint density at radius 2 is 1.90 bits per heavy atom. The molecule has 162 valence electrons. The van der Waals surface area contributed by atoms with Crippen molar-refractivity contribution in [3.05, 3.63) is 69.2 Å². The van der Waals surface area contributed by atoms with Crippen molar-refractivity contribution in [3.8, 4) is 0 Å². The van der Waals surface area contributed by atoms with Crippen LogP contribution in [0.1, 0.15) is 37.0 Å². The molecule has 0 aliphatic rings. The van der Waals surface area contributed by atoms with Gasteiger partial charge in [-0.1, -0.05) is 66.0 Å². The van der Waals surface area contributed by atoms with Gasteiger partial charge >= 0.3 is 0 Å². The number of carbonyl (C=O) groups excluding carboxylic acids is 2. The summed E-state index contributed by atoms with van der Waals surface area (Å²) in [6, 6.07) is 12.9. The van der Waals surface area contributed by atoms with E-state index in [1.54, 1.807) is 34.9 Å². The van der Waals surface area contributed by atoms with Gasteiger partial charge in [-0.2, -0.15) is 0 Å². The van der Waals surface area contributed by atoms with Gasteiger partial charge in [-0.25, -0.2) is 0 Å². The summed E-state index contributed by atoms with van der Waals surface area (Å²) in [5.74, 6) is 0.787. The van der Waals surface area contributed by atoms with E-state index in [-0.39, 0.29) is 24.1 Å². The minimum atomic E-state index is -0.552. The van der Waals surface area contributed by atoms with Crippen LogP contribution in [-0.2, 0) is 21.9 Å². The number of thioether (sulfide) groups is 1. The van der Waals surface area contributed by atoms with Crippen molar-refractivity contribution < 1.29 is 9.59 Å². The van der Waals surface area contributed by atoms with E-state index in [1.807, 2.05) is 19.9 Å². The highest BCUT2D eigenvalue weighted by molar-refractivity contribution is 7.99.